The zero-order chi connectivity index (χ0) is 11.5. The third-order valence-corrected chi connectivity index (χ3v) is 2.20. The van der Waals surface area contributed by atoms with E-state index in [1.165, 1.54) is 0 Å². The van der Waals surface area contributed by atoms with Gasteiger partial charge in [0.15, 0.2) is 0 Å². The fourth-order valence-corrected chi connectivity index (χ4v) is 1.44. The summed E-state index contributed by atoms with van der Waals surface area (Å²) in [6.45, 7) is 0. The van der Waals surface area contributed by atoms with Crippen LogP contribution in [0, 0.1) is 0 Å². The first-order chi connectivity index (χ1) is 8.43. The molecular weight excluding hydrogens is 215 g/mol. The van der Waals surface area contributed by atoms with E-state index in [1.807, 2.05) is 19.9 Å². The topological polar surface area (TPSA) is 58.0 Å². The van der Waals surface area contributed by atoms with Crippen LogP contribution in [0.3, 0.4) is 0 Å². The first-order valence-electron chi connectivity index (χ1n) is 5.07. The van der Waals surface area contributed by atoms with Gasteiger partial charge in [0.05, 0.1) is 0 Å². The van der Waals surface area contributed by atoms with Gasteiger partial charge in [0.2, 0.25) is 11.9 Å². The van der Waals surface area contributed by atoms with Gasteiger partial charge in [-0.1, -0.05) is 0 Å². The normalized spacial score (nSPS) is 13.9. The van der Waals surface area contributed by atoms with Crippen molar-refractivity contribution in [3.63, 3.8) is 0 Å². The standard InChI is InChI=1S/C10H8BN6/c1-3-12-9(13-4-1)16-7-8-17(11-16)10-14-5-2-6-15-10/h1-8H. The van der Waals surface area contributed by atoms with Crippen LogP contribution in [0.5, 0.6) is 0 Å². The van der Waals surface area contributed by atoms with Crippen molar-refractivity contribution in [3.05, 3.63) is 49.3 Å². The van der Waals surface area contributed by atoms with Gasteiger partial charge in [-0.15, -0.1) is 0 Å². The van der Waals surface area contributed by atoms with Gasteiger partial charge in [-0.3, -0.25) is 0 Å². The van der Waals surface area contributed by atoms with Crippen molar-refractivity contribution >= 4 is 19.4 Å². The molecule has 1 aliphatic heterocycles. The van der Waals surface area contributed by atoms with Crippen LogP contribution in [0.4, 0.5) is 11.9 Å². The SMILES string of the molecule is [B]1N(c2ncccn2)C=CN1c1ncccn1. The number of aromatic nitrogens is 4. The van der Waals surface area contributed by atoms with E-state index >= 15 is 0 Å². The summed E-state index contributed by atoms with van der Waals surface area (Å²) < 4.78 is 0. The minimum absolute atomic E-state index is 0.613. The zero-order valence-electron chi connectivity index (χ0n) is 8.88. The highest BCUT2D eigenvalue weighted by atomic mass is 15.3. The van der Waals surface area contributed by atoms with Gasteiger partial charge < -0.3 is 9.62 Å². The predicted octanol–water partition coefficient (Wildman–Crippen LogP) is 0.599. The van der Waals surface area contributed by atoms with Crippen LogP contribution >= 0.6 is 0 Å². The Kier molecular flexibility index (Phi) is 2.42. The van der Waals surface area contributed by atoms with Crippen LogP contribution in [-0.4, -0.2) is 27.5 Å². The Morgan fingerprint density at radius 1 is 0.706 bits per heavy atom. The second kappa shape index (κ2) is 4.21. The highest BCUT2D eigenvalue weighted by molar-refractivity contribution is 6.49. The van der Waals surface area contributed by atoms with E-state index in [0.29, 0.717) is 11.9 Å². The van der Waals surface area contributed by atoms with E-state index < -0.39 is 0 Å². The summed E-state index contributed by atoms with van der Waals surface area (Å²) in [5, 5.41) is 0. The summed E-state index contributed by atoms with van der Waals surface area (Å²) in [4.78, 5) is 20.2. The molecular formula is C10H8BN6. The molecule has 0 atom stereocenters. The summed E-state index contributed by atoms with van der Waals surface area (Å²) in [6, 6.07) is 3.56. The second-order valence-corrected chi connectivity index (χ2v) is 3.33. The number of anilines is 2. The molecule has 6 nitrogen and oxygen atoms in total. The first kappa shape index (κ1) is 9.77. The third-order valence-electron chi connectivity index (χ3n) is 2.20. The van der Waals surface area contributed by atoms with E-state index in [0.717, 1.165) is 0 Å². The first-order valence-corrected chi connectivity index (χ1v) is 5.07. The Labute approximate surface area is 99.0 Å². The molecule has 0 N–H and O–H groups in total. The molecule has 0 aromatic carbocycles. The Balaban J connectivity index is 1.78. The summed E-state index contributed by atoms with van der Waals surface area (Å²) in [5.41, 5.74) is 0. The van der Waals surface area contributed by atoms with Gasteiger partial charge in [0.1, 0.15) is 0 Å². The Morgan fingerprint density at radius 3 is 1.53 bits per heavy atom. The minimum Gasteiger partial charge on any atom is -0.342 e. The zero-order valence-corrected chi connectivity index (χ0v) is 8.88. The molecule has 17 heavy (non-hydrogen) atoms. The molecule has 0 saturated heterocycles. The summed E-state index contributed by atoms with van der Waals surface area (Å²) in [6.07, 6.45) is 10.5. The predicted molar refractivity (Wildman–Crippen MR) is 63.9 cm³/mol. The molecule has 0 aliphatic carbocycles. The quantitative estimate of drug-likeness (QED) is 0.694. The monoisotopic (exact) mass is 223 g/mol. The van der Waals surface area contributed by atoms with E-state index in [-0.39, 0.29) is 0 Å². The molecule has 0 spiro atoms. The van der Waals surface area contributed by atoms with Crippen molar-refractivity contribution in [2.45, 2.75) is 0 Å². The Bertz CT molecular complexity index is 469. The molecule has 3 heterocycles. The molecule has 7 heteroatoms. The fraction of sp³-hybridized carbons (Fsp3) is 0. The largest absolute Gasteiger partial charge is 0.405 e. The molecule has 0 fully saturated rings. The molecule has 2 aromatic heterocycles. The molecule has 1 aliphatic rings. The van der Waals surface area contributed by atoms with E-state index in [9.17, 15) is 0 Å². The number of rotatable bonds is 2. The highest BCUT2D eigenvalue weighted by Gasteiger charge is 2.21. The van der Waals surface area contributed by atoms with Gasteiger partial charge in [-0.25, -0.2) is 19.9 Å². The maximum atomic E-state index is 4.15. The van der Waals surface area contributed by atoms with Crippen LogP contribution in [0.15, 0.2) is 49.3 Å². The minimum atomic E-state index is 0.613. The molecule has 0 unspecified atom stereocenters. The van der Waals surface area contributed by atoms with Crippen LogP contribution in [0.1, 0.15) is 0 Å². The van der Waals surface area contributed by atoms with Crippen molar-refractivity contribution in [1.82, 2.24) is 19.9 Å². The van der Waals surface area contributed by atoms with Crippen molar-refractivity contribution < 1.29 is 0 Å². The van der Waals surface area contributed by atoms with Crippen LogP contribution in [0.25, 0.3) is 0 Å². The lowest BCUT2D eigenvalue weighted by Crippen LogP contribution is -2.31. The van der Waals surface area contributed by atoms with Crippen LogP contribution in [0.2, 0.25) is 0 Å². The maximum Gasteiger partial charge on any atom is 0.405 e. The fourth-order valence-electron chi connectivity index (χ4n) is 1.44. The van der Waals surface area contributed by atoms with Crippen molar-refractivity contribution in [2.24, 2.45) is 0 Å². The average Bonchev–Trinajstić information content (AvgIpc) is 2.90. The third kappa shape index (κ3) is 1.94. The lowest BCUT2D eigenvalue weighted by molar-refractivity contribution is 1.11. The average molecular weight is 223 g/mol. The number of hydrogen-bond acceptors (Lipinski definition) is 6. The smallest absolute Gasteiger partial charge is 0.342 e. The lowest BCUT2D eigenvalue weighted by atomic mass is 10.1. The van der Waals surface area contributed by atoms with Gasteiger partial charge in [-0.05, 0) is 12.1 Å². The summed E-state index contributed by atoms with van der Waals surface area (Å²) in [7, 11) is 1.82. The Morgan fingerprint density at radius 2 is 1.12 bits per heavy atom. The van der Waals surface area contributed by atoms with Crippen LogP contribution < -0.4 is 9.62 Å². The van der Waals surface area contributed by atoms with Crippen molar-refractivity contribution in [1.29, 1.82) is 0 Å². The molecule has 0 amide bonds. The molecule has 3 rings (SSSR count). The maximum absolute atomic E-state index is 4.15. The van der Waals surface area contributed by atoms with Gasteiger partial charge in [0, 0.05) is 37.2 Å². The number of nitrogens with zero attached hydrogens (tertiary/aromatic N) is 6. The van der Waals surface area contributed by atoms with E-state index in [2.05, 4.69) is 19.9 Å². The Hall–Kier alpha value is -2.44. The molecule has 0 saturated carbocycles. The van der Waals surface area contributed by atoms with Gasteiger partial charge in [-0.2, -0.15) is 0 Å². The molecule has 0 bridgehead atoms. The molecule has 1 radical (unpaired) electrons. The van der Waals surface area contributed by atoms with Crippen molar-refractivity contribution in [3.8, 4) is 0 Å². The number of hydrogen-bond donors (Lipinski definition) is 0. The molecule has 2 aromatic rings. The van der Waals surface area contributed by atoms with E-state index in [1.54, 1.807) is 46.5 Å². The molecule has 81 valence electrons. The summed E-state index contributed by atoms with van der Waals surface area (Å²) >= 11 is 0. The van der Waals surface area contributed by atoms with E-state index in [4.69, 9.17) is 0 Å². The lowest BCUT2D eigenvalue weighted by Gasteiger charge is -2.15. The second-order valence-electron chi connectivity index (χ2n) is 3.33. The highest BCUT2D eigenvalue weighted by Crippen LogP contribution is 2.15. The van der Waals surface area contributed by atoms with Crippen LogP contribution in [-0.2, 0) is 0 Å². The summed E-state index contributed by atoms with van der Waals surface area (Å²) in [5.74, 6) is 1.23. The van der Waals surface area contributed by atoms with Crippen molar-refractivity contribution in [2.75, 3.05) is 9.62 Å². The van der Waals surface area contributed by atoms with Gasteiger partial charge in [0.25, 0.3) is 0 Å². The van der Waals surface area contributed by atoms with Gasteiger partial charge >= 0.3 is 7.55 Å².